The molecule has 5 atom stereocenters. The van der Waals surface area contributed by atoms with Crippen LogP contribution < -0.4 is 16.2 Å². The summed E-state index contributed by atoms with van der Waals surface area (Å²) in [5.41, 5.74) is 2.94. The molecule has 34 heavy (non-hydrogen) atoms. The van der Waals surface area contributed by atoms with Crippen molar-refractivity contribution in [2.45, 2.75) is 75.4 Å². The minimum atomic E-state index is -0.160. The second kappa shape index (κ2) is 9.44. The molecule has 8 heteroatoms. The van der Waals surface area contributed by atoms with E-state index in [2.05, 4.69) is 46.0 Å². The summed E-state index contributed by atoms with van der Waals surface area (Å²) >= 11 is 0. The molecule has 3 N–H and O–H groups in total. The molecule has 3 fully saturated rings. The van der Waals surface area contributed by atoms with Gasteiger partial charge in [-0.05, 0) is 68.2 Å². The number of piperidine rings is 1. The highest BCUT2D eigenvalue weighted by atomic mass is 35.5. The van der Waals surface area contributed by atoms with E-state index < -0.39 is 0 Å². The smallest absolute Gasteiger partial charge is 0.261 e. The molecule has 3 aliphatic rings. The van der Waals surface area contributed by atoms with Gasteiger partial charge in [-0.1, -0.05) is 25.0 Å². The molecule has 2 aliphatic heterocycles. The first kappa shape index (κ1) is 22.9. The number of benzene rings is 1. The average molecular weight is 479 g/mol. The third-order valence-corrected chi connectivity index (χ3v) is 7.96. The molecule has 2 saturated heterocycles. The number of nitrogens with zero attached hydrogens (tertiary/aromatic N) is 3. The Bertz CT molecular complexity index is 1250. The van der Waals surface area contributed by atoms with Crippen LogP contribution in [0.15, 0.2) is 41.3 Å². The Labute approximate surface area is 205 Å². The van der Waals surface area contributed by atoms with Crippen molar-refractivity contribution in [1.82, 2.24) is 20.1 Å². The van der Waals surface area contributed by atoms with Crippen molar-refractivity contribution >= 4 is 34.8 Å². The lowest BCUT2D eigenvalue weighted by Crippen LogP contribution is -2.37. The molecule has 0 amide bonds. The number of fused-ring (bicyclic) bond motifs is 3. The van der Waals surface area contributed by atoms with Gasteiger partial charge in [0.1, 0.15) is 5.39 Å². The molecule has 2 bridgehead atoms. The largest absolute Gasteiger partial charge is 0.338 e. The SMILES string of the molecule is Cl.N#C[C@H]1CCCC[C@@H]1n1nc(Nc2ccc([C@@H]3C[C@H]4CC[C@@H](C3)N4)cc2)c2c(=O)[nH]ccc21. The number of pyridine rings is 1. The maximum Gasteiger partial charge on any atom is 0.261 e. The van der Waals surface area contributed by atoms with E-state index in [0.717, 1.165) is 36.9 Å². The minimum absolute atomic E-state index is 0. The quantitative estimate of drug-likeness (QED) is 0.482. The van der Waals surface area contributed by atoms with Crippen LogP contribution in [0.2, 0.25) is 0 Å². The molecular formula is C26H31ClN6O. The average Bonchev–Trinajstić information content (AvgIpc) is 3.39. The molecule has 4 heterocycles. The zero-order valence-corrected chi connectivity index (χ0v) is 20.0. The van der Waals surface area contributed by atoms with Gasteiger partial charge < -0.3 is 15.6 Å². The lowest BCUT2D eigenvalue weighted by Gasteiger charge is -2.29. The Hall–Kier alpha value is -2.82. The van der Waals surface area contributed by atoms with Crippen LogP contribution in [0.1, 0.15) is 68.9 Å². The highest BCUT2D eigenvalue weighted by Crippen LogP contribution is 2.38. The summed E-state index contributed by atoms with van der Waals surface area (Å²) in [4.78, 5) is 15.5. The number of nitriles is 1. The second-order valence-electron chi connectivity index (χ2n) is 10.0. The molecule has 1 aromatic carbocycles. The summed E-state index contributed by atoms with van der Waals surface area (Å²) in [6, 6.07) is 14.3. The fraction of sp³-hybridized carbons (Fsp3) is 0.500. The first-order valence-electron chi connectivity index (χ1n) is 12.3. The Balaban J connectivity index is 0.00000241. The maximum atomic E-state index is 12.7. The Morgan fingerprint density at radius 1 is 1.03 bits per heavy atom. The van der Waals surface area contributed by atoms with E-state index in [0.29, 0.717) is 29.2 Å². The highest BCUT2D eigenvalue weighted by molar-refractivity contribution is 5.91. The summed E-state index contributed by atoms with van der Waals surface area (Å²) in [5.74, 6) is 1.10. The topological polar surface area (TPSA) is 98.5 Å². The van der Waals surface area contributed by atoms with E-state index in [4.69, 9.17) is 5.10 Å². The molecule has 7 nitrogen and oxygen atoms in total. The lowest BCUT2D eigenvalue weighted by atomic mass is 9.85. The Kier molecular flexibility index (Phi) is 6.37. The van der Waals surface area contributed by atoms with Gasteiger partial charge in [-0.15, -0.1) is 12.4 Å². The van der Waals surface area contributed by atoms with Crippen molar-refractivity contribution in [2.75, 3.05) is 5.32 Å². The van der Waals surface area contributed by atoms with Crippen LogP contribution in [-0.4, -0.2) is 26.8 Å². The van der Waals surface area contributed by atoms with Crippen LogP contribution in [0.25, 0.3) is 10.9 Å². The molecule has 178 valence electrons. The van der Waals surface area contributed by atoms with E-state index in [1.807, 2.05) is 10.7 Å². The molecule has 2 aromatic heterocycles. The third-order valence-electron chi connectivity index (χ3n) is 7.96. The molecule has 3 aromatic rings. The van der Waals surface area contributed by atoms with Crippen molar-refractivity contribution < 1.29 is 0 Å². The van der Waals surface area contributed by atoms with Gasteiger partial charge in [-0.2, -0.15) is 10.4 Å². The van der Waals surface area contributed by atoms with Crippen LogP contribution in [-0.2, 0) is 0 Å². The van der Waals surface area contributed by atoms with Gasteiger partial charge in [-0.3, -0.25) is 9.48 Å². The molecule has 0 unspecified atom stereocenters. The van der Waals surface area contributed by atoms with Gasteiger partial charge in [-0.25, -0.2) is 0 Å². The van der Waals surface area contributed by atoms with E-state index in [9.17, 15) is 10.1 Å². The van der Waals surface area contributed by atoms with Crippen molar-refractivity contribution in [3.05, 3.63) is 52.4 Å². The predicted molar refractivity (Wildman–Crippen MR) is 136 cm³/mol. The van der Waals surface area contributed by atoms with Gasteiger partial charge in [0.15, 0.2) is 5.82 Å². The number of anilines is 2. The van der Waals surface area contributed by atoms with E-state index in [1.54, 1.807) is 6.20 Å². The number of halogens is 1. The molecular weight excluding hydrogens is 448 g/mol. The standard InChI is InChI=1S/C26H30N6O.ClH/c27-15-17-3-1-2-4-22(17)32-23-11-12-28-26(33)24(23)25(31-32)30-19-7-5-16(6-8-19)18-13-20-9-10-21(14-18)29-20;/h5-8,11-12,17-18,20-22,29H,1-4,9-10,13-14H2,(H,28,33)(H,30,31);1H/t17-,18-,20-,21+,22+;/m1./s1. The first-order valence-corrected chi connectivity index (χ1v) is 12.3. The van der Waals surface area contributed by atoms with Crippen LogP contribution in [0.5, 0.6) is 0 Å². The van der Waals surface area contributed by atoms with Gasteiger partial charge in [0.05, 0.1) is 23.5 Å². The van der Waals surface area contributed by atoms with E-state index >= 15 is 0 Å². The summed E-state index contributed by atoms with van der Waals surface area (Å²) < 4.78 is 1.92. The zero-order valence-electron chi connectivity index (χ0n) is 19.2. The fourth-order valence-electron chi connectivity index (χ4n) is 6.30. The number of aromatic nitrogens is 3. The van der Waals surface area contributed by atoms with E-state index in [1.165, 1.54) is 31.2 Å². The van der Waals surface area contributed by atoms with Gasteiger partial charge in [0.2, 0.25) is 0 Å². The van der Waals surface area contributed by atoms with Crippen LogP contribution >= 0.6 is 12.4 Å². The number of aromatic amines is 1. The third kappa shape index (κ3) is 4.10. The lowest BCUT2D eigenvalue weighted by molar-refractivity contribution is 0.277. The molecule has 1 aliphatic carbocycles. The monoisotopic (exact) mass is 478 g/mol. The first-order chi connectivity index (χ1) is 16.2. The molecule has 0 radical (unpaired) electrons. The number of rotatable bonds is 4. The van der Waals surface area contributed by atoms with Crippen LogP contribution in [0, 0.1) is 17.2 Å². The number of hydrogen-bond acceptors (Lipinski definition) is 5. The summed E-state index contributed by atoms with van der Waals surface area (Å²) in [7, 11) is 0. The van der Waals surface area contributed by atoms with Gasteiger partial charge in [0.25, 0.3) is 5.56 Å². The predicted octanol–water partition coefficient (Wildman–Crippen LogP) is 5.14. The van der Waals surface area contributed by atoms with Gasteiger partial charge >= 0.3 is 0 Å². The fourth-order valence-corrected chi connectivity index (χ4v) is 6.30. The van der Waals surface area contributed by atoms with Crippen molar-refractivity contribution in [1.29, 1.82) is 5.26 Å². The summed E-state index contributed by atoms with van der Waals surface area (Å²) in [6.07, 6.45) is 10.7. The Morgan fingerprint density at radius 2 is 1.76 bits per heavy atom. The molecule has 1 saturated carbocycles. The normalized spacial score (nSPS) is 28.3. The van der Waals surface area contributed by atoms with Crippen molar-refractivity contribution in [2.24, 2.45) is 5.92 Å². The zero-order chi connectivity index (χ0) is 22.4. The second-order valence-corrected chi connectivity index (χ2v) is 10.0. The summed E-state index contributed by atoms with van der Waals surface area (Å²) in [5, 5.41) is 22.2. The number of hydrogen-bond donors (Lipinski definition) is 3. The van der Waals surface area contributed by atoms with Crippen molar-refractivity contribution in [3.63, 3.8) is 0 Å². The maximum absolute atomic E-state index is 12.7. The summed E-state index contributed by atoms with van der Waals surface area (Å²) in [6.45, 7) is 0. The minimum Gasteiger partial charge on any atom is -0.338 e. The molecule has 0 spiro atoms. The van der Waals surface area contributed by atoms with E-state index in [-0.39, 0.29) is 29.9 Å². The number of H-pyrrole nitrogens is 1. The van der Waals surface area contributed by atoms with Crippen molar-refractivity contribution in [3.8, 4) is 6.07 Å². The van der Waals surface area contributed by atoms with Gasteiger partial charge in [0, 0.05) is 24.0 Å². The molecule has 6 rings (SSSR count). The van der Waals surface area contributed by atoms with Crippen LogP contribution in [0.4, 0.5) is 11.5 Å². The van der Waals surface area contributed by atoms with Crippen LogP contribution in [0.3, 0.4) is 0 Å². The Morgan fingerprint density at radius 3 is 2.50 bits per heavy atom. The number of nitrogens with one attached hydrogen (secondary N) is 3. The highest BCUT2D eigenvalue weighted by Gasteiger charge is 2.34.